The maximum absolute atomic E-state index is 12.7. The van der Waals surface area contributed by atoms with Crippen molar-refractivity contribution in [2.75, 3.05) is 25.4 Å². The zero-order chi connectivity index (χ0) is 19.9. The van der Waals surface area contributed by atoms with Crippen LogP contribution >= 0.6 is 11.8 Å². The zero-order valence-electron chi connectivity index (χ0n) is 15.9. The highest BCUT2D eigenvalue weighted by Gasteiger charge is 2.23. The number of sulfonamides is 1. The zero-order valence-corrected chi connectivity index (χ0v) is 17.6. The molecule has 0 spiro atoms. The molecule has 1 N–H and O–H groups in total. The fourth-order valence-electron chi connectivity index (χ4n) is 2.66. The molecular weight excluding hydrogens is 380 g/mol. The Balaban J connectivity index is 2.05. The van der Waals surface area contributed by atoms with Crippen LogP contribution in [0.5, 0.6) is 0 Å². The van der Waals surface area contributed by atoms with E-state index in [4.69, 9.17) is 0 Å². The fraction of sp³-hybridized carbons (Fsp3) is 0.350. The van der Waals surface area contributed by atoms with Gasteiger partial charge in [0.2, 0.25) is 10.0 Å². The molecule has 0 radical (unpaired) electrons. The van der Waals surface area contributed by atoms with Crippen molar-refractivity contribution >= 4 is 27.7 Å². The smallest absolute Gasteiger partial charge is 0.251 e. The number of amides is 1. The lowest BCUT2D eigenvalue weighted by molar-refractivity contribution is 0.0955. The fourth-order valence-corrected chi connectivity index (χ4v) is 4.94. The van der Waals surface area contributed by atoms with Gasteiger partial charge in [-0.25, -0.2) is 8.42 Å². The highest BCUT2D eigenvalue weighted by molar-refractivity contribution is 7.99. The summed E-state index contributed by atoms with van der Waals surface area (Å²) in [6, 6.07) is 14.7. The highest BCUT2D eigenvalue weighted by Crippen LogP contribution is 2.20. The van der Waals surface area contributed by atoms with Gasteiger partial charge in [-0.05, 0) is 36.8 Å². The Morgan fingerprint density at radius 2 is 1.74 bits per heavy atom. The summed E-state index contributed by atoms with van der Waals surface area (Å²) in [7, 11) is -3.59. The largest absolute Gasteiger partial charge is 0.351 e. The molecule has 0 heterocycles. The first-order valence-electron chi connectivity index (χ1n) is 8.97. The van der Waals surface area contributed by atoms with Crippen LogP contribution in [-0.4, -0.2) is 44.0 Å². The van der Waals surface area contributed by atoms with E-state index in [0.29, 0.717) is 25.2 Å². The summed E-state index contributed by atoms with van der Waals surface area (Å²) in [5.41, 5.74) is 1.15. The molecule has 0 aliphatic carbocycles. The average Bonchev–Trinajstić information content (AvgIpc) is 2.67. The van der Waals surface area contributed by atoms with Crippen LogP contribution < -0.4 is 5.32 Å². The molecule has 0 fully saturated rings. The number of carbonyl (C=O) groups excluding carboxylic acids is 1. The molecule has 0 saturated carbocycles. The van der Waals surface area contributed by atoms with Crippen LogP contribution in [0.1, 0.15) is 29.8 Å². The molecule has 5 nitrogen and oxygen atoms in total. The lowest BCUT2D eigenvalue weighted by atomic mass is 10.1. The summed E-state index contributed by atoms with van der Waals surface area (Å²) >= 11 is 1.66. The van der Waals surface area contributed by atoms with Crippen LogP contribution in [0.4, 0.5) is 0 Å². The molecule has 0 atom stereocenters. The van der Waals surface area contributed by atoms with Gasteiger partial charge in [0.1, 0.15) is 0 Å². The second-order valence-electron chi connectivity index (χ2n) is 5.98. The minimum Gasteiger partial charge on any atom is -0.351 e. The van der Waals surface area contributed by atoms with E-state index in [1.54, 1.807) is 44.7 Å². The molecule has 2 rings (SSSR count). The number of hydrogen-bond donors (Lipinski definition) is 1. The van der Waals surface area contributed by atoms with Crippen LogP contribution in [0.15, 0.2) is 58.3 Å². The highest BCUT2D eigenvalue weighted by atomic mass is 32.2. The van der Waals surface area contributed by atoms with E-state index in [-0.39, 0.29) is 10.8 Å². The summed E-state index contributed by atoms with van der Waals surface area (Å²) in [5.74, 6) is 0.490. The van der Waals surface area contributed by atoms with E-state index in [9.17, 15) is 13.2 Å². The van der Waals surface area contributed by atoms with Crippen molar-refractivity contribution in [1.82, 2.24) is 9.62 Å². The van der Waals surface area contributed by atoms with E-state index in [2.05, 4.69) is 5.32 Å². The Labute approximate surface area is 166 Å². The molecule has 0 unspecified atom stereocenters. The molecule has 1 amide bonds. The molecule has 0 bridgehead atoms. The standard InChI is InChI=1S/C20H26N2O3S2/c1-4-22(5-2)27(24,25)18-12-11-16(3)19(15-18)20(23)21-13-14-26-17-9-7-6-8-10-17/h6-12,15H,4-5,13-14H2,1-3H3,(H,21,23). The third-order valence-corrected chi connectivity index (χ3v) is 7.26. The van der Waals surface area contributed by atoms with E-state index in [0.717, 1.165) is 16.2 Å². The molecule has 0 aliphatic rings. The number of nitrogens with one attached hydrogen (secondary N) is 1. The van der Waals surface area contributed by atoms with Crippen molar-refractivity contribution in [3.63, 3.8) is 0 Å². The Morgan fingerprint density at radius 1 is 1.07 bits per heavy atom. The second-order valence-corrected chi connectivity index (χ2v) is 9.09. The molecule has 7 heteroatoms. The average molecular weight is 407 g/mol. The SMILES string of the molecule is CCN(CC)S(=O)(=O)c1ccc(C)c(C(=O)NCCSc2ccccc2)c1. The van der Waals surface area contributed by atoms with E-state index in [1.165, 1.54) is 10.4 Å². The summed E-state index contributed by atoms with van der Waals surface area (Å²) in [6.45, 7) is 6.70. The number of nitrogens with zero attached hydrogens (tertiary/aromatic N) is 1. The Kier molecular flexibility index (Phi) is 7.89. The van der Waals surface area contributed by atoms with Crippen molar-refractivity contribution in [2.45, 2.75) is 30.6 Å². The Morgan fingerprint density at radius 3 is 2.37 bits per heavy atom. The second kappa shape index (κ2) is 9.92. The Bertz CT molecular complexity index is 864. The maximum atomic E-state index is 12.7. The molecule has 2 aromatic carbocycles. The minimum absolute atomic E-state index is 0.153. The minimum atomic E-state index is -3.59. The van der Waals surface area contributed by atoms with Crippen molar-refractivity contribution in [1.29, 1.82) is 0 Å². The van der Waals surface area contributed by atoms with Crippen molar-refractivity contribution in [3.8, 4) is 0 Å². The van der Waals surface area contributed by atoms with Crippen molar-refractivity contribution in [3.05, 3.63) is 59.7 Å². The number of aryl methyl sites for hydroxylation is 1. The van der Waals surface area contributed by atoms with E-state index >= 15 is 0 Å². The van der Waals surface area contributed by atoms with Gasteiger partial charge in [-0.1, -0.05) is 38.1 Å². The first kappa shape index (κ1) is 21.5. The van der Waals surface area contributed by atoms with Gasteiger partial charge < -0.3 is 5.32 Å². The van der Waals surface area contributed by atoms with Gasteiger partial charge in [0, 0.05) is 35.8 Å². The maximum Gasteiger partial charge on any atom is 0.251 e. The van der Waals surface area contributed by atoms with Gasteiger partial charge in [0.05, 0.1) is 4.90 Å². The van der Waals surface area contributed by atoms with Crippen LogP contribution in [0.2, 0.25) is 0 Å². The number of rotatable bonds is 9. The van der Waals surface area contributed by atoms with E-state index < -0.39 is 10.0 Å². The lowest BCUT2D eigenvalue weighted by Gasteiger charge is -2.19. The molecule has 0 aromatic heterocycles. The van der Waals surface area contributed by atoms with Gasteiger partial charge in [0.15, 0.2) is 0 Å². The lowest BCUT2D eigenvalue weighted by Crippen LogP contribution is -2.31. The van der Waals surface area contributed by atoms with Crippen LogP contribution in [-0.2, 0) is 10.0 Å². The molecular formula is C20H26N2O3S2. The molecule has 27 heavy (non-hydrogen) atoms. The Hall–Kier alpha value is -1.83. The van der Waals surface area contributed by atoms with Gasteiger partial charge in [-0.15, -0.1) is 11.8 Å². The number of thioether (sulfide) groups is 1. The molecule has 0 aliphatic heterocycles. The summed E-state index contributed by atoms with van der Waals surface area (Å²) in [4.78, 5) is 13.8. The van der Waals surface area contributed by atoms with Crippen LogP contribution in [0, 0.1) is 6.92 Å². The van der Waals surface area contributed by atoms with Crippen LogP contribution in [0.3, 0.4) is 0 Å². The van der Waals surface area contributed by atoms with Crippen LogP contribution in [0.25, 0.3) is 0 Å². The van der Waals surface area contributed by atoms with Gasteiger partial charge in [-0.2, -0.15) is 4.31 Å². The molecule has 0 saturated heterocycles. The monoisotopic (exact) mass is 406 g/mol. The normalized spacial score (nSPS) is 11.6. The predicted octanol–water partition coefficient (Wildman–Crippen LogP) is 3.55. The first-order chi connectivity index (χ1) is 12.9. The van der Waals surface area contributed by atoms with Gasteiger partial charge in [0.25, 0.3) is 5.91 Å². The summed E-state index contributed by atoms with van der Waals surface area (Å²) in [5, 5.41) is 2.88. The first-order valence-corrected chi connectivity index (χ1v) is 11.4. The quantitative estimate of drug-likeness (QED) is 0.511. The third-order valence-electron chi connectivity index (χ3n) is 4.20. The molecule has 2 aromatic rings. The van der Waals surface area contributed by atoms with Gasteiger partial charge in [-0.3, -0.25) is 4.79 Å². The number of benzene rings is 2. The number of carbonyl (C=O) groups is 1. The third kappa shape index (κ3) is 5.57. The van der Waals surface area contributed by atoms with E-state index in [1.807, 2.05) is 30.3 Å². The topological polar surface area (TPSA) is 66.5 Å². The predicted molar refractivity (Wildman–Crippen MR) is 111 cm³/mol. The van der Waals surface area contributed by atoms with Gasteiger partial charge >= 0.3 is 0 Å². The molecule has 146 valence electrons. The van der Waals surface area contributed by atoms with Crippen molar-refractivity contribution < 1.29 is 13.2 Å². The van der Waals surface area contributed by atoms with Crippen molar-refractivity contribution in [2.24, 2.45) is 0 Å². The summed E-state index contributed by atoms with van der Waals surface area (Å²) < 4.78 is 26.8. The number of hydrogen-bond acceptors (Lipinski definition) is 4. The summed E-state index contributed by atoms with van der Waals surface area (Å²) in [6.07, 6.45) is 0.